The van der Waals surface area contributed by atoms with Crippen LogP contribution in [0.4, 0.5) is 0 Å². The Kier molecular flexibility index (Phi) is 14.3. The minimum atomic E-state index is -0.931. The standard InChI is InChI=1S/C25H28N2O.C15H11NO2.C10H19N/c1-19-16-21(12-15-26-19)5-4-20-8-10-23(11-9-20)24(28)27-18-25(13-2-3-14-25)17-22-6-7-22;1-11-10-13(8-9-16-11)3-2-12-4-6-14(7-5-12)15(17)18;11-8-10(5-1-2-6-10)7-9-3-4-9/h8-12,15-16,22H,2-3,6-7,13-14,17-18H2,1H3,(H,27,28);4-10H,1H3,(H,17,18);9H,1-8,11H2. The lowest BCUT2D eigenvalue weighted by Crippen LogP contribution is -2.36. The van der Waals surface area contributed by atoms with E-state index in [-0.39, 0.29) is 11.5 Å². The number of carbonyl (C=O) groups excluding carboxylic acids is 1. The zero-order valence-corrected chi connectivity index (χ0v) is 33.8. The van der Waals surface area contributed by atoms with Crippen molar-refractivity contribution in [2.75, 3.05) is 13.1 Å². The SMILES string of the molecule is Cc1cc(C#Cc2ccc(C(=O)NCC3(CC4CC4)CCCC3)cc2)ccn1.Cc1cc(C#Cc2ccc(C(=O)O)cc2)ccn1.NCC1(CC2CC2)CCCC1. The van der Waals surface area contributed by atoms with Crippen LogP contribution in [0.2, 0.25) is 0 Å². The number of aromatic carboxylic acids is 1. The first-order chi connectivity index (χ1) is 27.6. The maximum Gasteiger partial charge on any atom is 0.335 e. The van der Waals surface area contributed by atoms with Gasteiger partial charge in [0.25, 0.3) is 5.91 Å². The van der Waals surface area contributed by atoms with E-state index in [1.807, 2.05) is 62.4 Å². The molecule has 2 heterocycles. The van der Waals surface area contributed by atoms with Gasteiger partial charge in [-0.3, -0.25) is 14.8 Å². The van der Waals surface area contributed by atoms with Gasteiger partial charge in [-0.25, -0.2) is 4.79 Å². The molecule has 0 atom stereocenters. The first-order valence-corrected chi connectivity index (χ1v) is 20.9. The molecular weight excluding hydrogens is 705 g/mol. The molecule has 296 valence electrons. The predicted molar refractivity (Wildman–Crippen MR) is 228 cm³/mol. The van der Waals surface area contributed by atoms with E-state index in [0.29, 0.717) is 16.4 Å². The minimum absolute atomic E-state index is 0.0336. The average Bonchev–Trinajstić information content (AvgIpc) is 4.13. The number of carboxylic acids is 1. The van der Waals surface area contributed by atoms with Gasteiger partial charge >= 0.3 is 5.97 Å². The van der Waals surface area contributed by atoms with Crippen molar-refractivity contribution in [3.63, 3.8) is 0 Å². The Balaban J connectivity index is 0.000000161. The summed E-state index contributed by atoms with van der Waals surface area (Å²) in [7, 11) is 0. The molecule has 4 aliphatic rings. The van der Waals surface area contributed by atoms with Crippen LogP contribution >= 0.6 is 0 Å². The molecule has 0 spiro atoms. The van der Waals surface area contributed by atoms with Crippen molar-refractivity contribution in [1.82, 2.24) is 15.3 Å². The van der Waals surface area contributed by atoms with Crippen molar-refractivity contribution < 1.29 is 14.7 Å². The second-order valence-electron chi connectivity index (χ2n) is 16.9. The zero-order chi connectivity index (χ0) is 40.1. The first kappa shape index (κ1) is 41.4. The largest absolute Gasteiger partial charge is 0.478 e. The van der Waals surface area contributed by atoms with E-state index in [0.717, 1.165) is 58.6 Å². The molecule has 0 aliphatic heterocycles. The van der Waals surface area contributed by atoms with Gasteiger partial charge in [-0.2, -0.15) is 0 Å². The maximum atomic E-state index is 12.6. The van der Waals surface area contributed by atoms with Gasteiger partial charge in [-0.05, 0) is 154 Å². The Morgan fingerprint density at radius 3 is 1.49 bits per heavy atom. The molecule has 4 aromatic rings. The smallest absolute Gasteiger partial charge is 0.335 e. The van der Waals surface area contributed by atoms with Crippen molar-refractivity contribution in [3.8, 4) is 23.7 Å². The lowest BCUT2D eigenvalue weighted by atomic mass is 9.80. The molecule has 0 saturated heterocycles. The molecule has 0 bridgehead atoms. The molecule has 7 nitrogen and oxygen atoms in total. The summed E-state index contributed by atoms with van der Waals surface area (Å²) >= 11 is 0. The topological polar surface area (TPSA) is 118 Å². The molecule has 4 aliphatic carbocycles. The summed E-state index contributed by atoms with van der Waals surface area (Å²) < 4.78 is 0. The highest BCUT2D eigenvalue weighted by Gasteiger charge is 2.39. The highest BCUT2D eigenvalue weighted by molar-refractivity contribution is 5.94. The number of pyridine rings is 2. The van der Waals surface area contributed by atoms with E-state index in [4.69, 9.17) is 10.8 Å². The molecule has 7 heteroatoms. The second-order valence-corrected chi connectivity index (χ2v) is 16.9. The Morgan fingerprint density at radius 2 is 1.07 bits per heavy atom. The van der Waals surface area contributed by atoms with Gasteiger partial charge in [-0.1, -0.05) is 75.0 Å². The monoisotopic (exact) mass is 762 g/mol. The second kappa shape index (κ2) is 19.8. The van der Waals surface area contributed by atoms with Crippen molar-refractivity contribution in [2.45, 2.75) is 104 Å². The van der Waals surface area contributed by atoms with Crippen molar-refractivity contribution >= 4 is 11.9 Å². The van der Waals surface area contributed by atoms with Crippen LogP contribution < -0.4 is 11.1 Å². The van der Waals surface area contributed by atoms with Crippen LogP contribution in [0.5, 0.6) is 0 Å². The predicted octanol–water partition coefficient (Wildman–Crippen LogP) is 9.67. The number of rotatable bonds is 9. The number of carbonyl (C=O) groups is 2. The zero-order valence-electron chi connectivity index (χ0n) is 33.8. The van der Waals surface area contributed by atoms with E-state index in [9.17, 15) is 9.59 Å². The van der Waals surface area contributed by atoms with Crippen LogP contribution in [0.25, 0.3) is 0 Å². The van der Waals surface area contributed by atoms with Gasteiger partial charge in [0, 0.05) is 58.1 Å². The third-order valence-electron chi connectivity index (χ3n) is 12.0. The lowest BCUT2D eigenvalue weighted by Gasteiger charge is -2.29. The van der Waals surface area contributed by atoms with Crippen molar-refractivity contribution in [2.24, 2.45) is 28.4 Å². The van der Waals surface area contributed by atoms with Gasteiger partial charge in [0.15, 0.2) is 0 Å². The summed E-state index contributed by atoms with van der Waals surface area (Å²) in [5, 5.41) is 12.0. The maximum absolute atomic E-state index is 12.6. The summed E-state index contributed by atoms with van der Waals surface area (Å²) in [5.41, 5.74) is 13.2. The molecule has 0 unspecified atom stereocenters. The number of nitrogens with one attached hydrogen (secondary N) is 1. The summed E-state index contributed by atoms with van der Waals surface area (Å²) in [6, 6.07) is 21.7. The number of benzene rings is 2. The fourth-order valence-electron chi connectivity index (χ4n) is 8.37. The van der Waals surface area contributed by atoms with Crippen molar-refractivity contribution in [3.05, 3.63) is 130 Å². The quantitative estimate of drug-likeness (QED) is 0.146. The van der Waals surface area contributed by atoms with Crippen LogP contribution in [-0.4, -0.2) is 40.0 Å². The normalized spacial score (nSPS) is 17.2. The van der Waals surface area contributed by atoms with Gasteiger partial charge < -0.3 is 16.2 Å². The van der Waals surface area contributed by atoms with E-state index in [2.05, 4.69) is 39.0 Å². The van der Waals surface area contributed by atoms with E-state index < -0.39 is 5.97 Å². The summed E-state index contributed by atoms with van der Waals surface area (Å²) in [4.78, 5) is 31.6. The third-order valence-corrected chi connectivity index (χ3v) is 12.0. The lowest BCUT2D eigenvalue weighted by molar-refractivity contribution is 0.0696. The summed E-state index contributed by atoms with van der Waals surface area (Å²) in [5.74, 6) is 13.4. The average molecular weight is 763 g/mol. The number of hydrogen-bond donors (Lipinski definition) is 3. The third kappa shape index (κ3) is 13.2. The number of aryl methyl sites for hydroxylation is 2. The summed E-state index contributed by atoms with van der Waals surface area (Å²) in [6.45, 7) is 5.64. The Hall–Kier alpha value is -5.24. The minimum Gasteiger partial charge on any atom is -0.478 e. The molecule has 2 aromatic heterocycles. The molecule has 1 amide bonds. The number of aromatic nitrogens is 2. The van der Waals surface area contributed by atoms with Crippen LogP contribution in [0.3, 0.4) is 0 Å². The molecule has 0 radical (unpaired) electrons. The van der Waals surface area contributed by atoms with Crippen LogP contribution in [0, 0.1) is 60.2 Å². The van der Waals surface area contributed by atoms with E-state index in [1.165, 1.54) is 89.9 Å². The molecule has 4 saturated carbocycles. The molecule has 2 aromatic carbocycles. The number of hydrogen-bond acceptors (Lipinski definition) is 5. The van der Waals surface area contributed by atoms with Gasteiger partial charge in [0.2, 0.25) is 0 Å². The number of nitrogens with zero attached hydrogens (tertiary/aromatic N) is 2. The highest BCUT2D eigenvalue weighted by Crippen LogP contribution is 2.49. The van der Waals surface area contributed by atoms with E-state index >= 15 is 0 Å². The molecule has 57 heavy (non-hydrogen) atoms. The number of amides is 1. The Bertz CT molecular complexity index is 2080. The van der Waals surface area contributed by atoms with Crippen molar-refractivity contribution in [1.29, 1.82) is 0 Å². The van der Waals surface area contributed by atoms with Gasteiger partial charge in [0.1, 0.15) is 0 Å². The van der Waals surface area contributed by atoms with E-state index in [1.54, 1.807) is 36.7 Å². The molecule has 8 rings (SSSR count). The molecule has 4 N–H and O–H groups in total. The number of nitrogens with two attached hydrogens (primary N) is 1. The Labute approximate surface area is 339 Å². The fraction of sp³-hybridized carbons (Fsp3) is 0.440. The van der Waals surface area contributed by atoms with Gasteiger partial charge in [0.05, 0.1) is 5.56 Å². The van der Waals surface area contributed by atoms with Crippen LogP contribution in [0.1, 0.15) is 144 Å². The molecule has 4 fully saturated rings. The first-order valence-electron chi connectivity index (χ1n) is 20.9. The fourth-order valence-corrected chi connectivity index (χ4v) is 8.37. The van der Waals surface area contributed by atoms with Crippen LogP contribution in [0.15, 0.2) is 85.2 Å². The Morgan fingerprint density at radius 1 is 0.649 bits per heavy atom. The van der Waals surface area contributed by atoms with Gasteiger partial charge in [-0.15, -0.1) is 0 Å². The summed E-state index contributed by atoms with van der Waals surface area (Å²) in [6.07, 6.45) is 22.9. The number of carboxylic acid groups (broad SMARTS) is 1. The molecular formula is C50H58N4O3. The van der Waals surface area contributed by atoms with Crippen LogP contribution in [-0.2, 0) is 0 Å². The highest BCUT2D eigenvalue weighted by atomic mass is 16.4.